The van der Waals surface area contributed by atoms with Crippen molar-refractivity contribution < 1.29 is 9.59 Å². The van der Waals surface area contributed by atoms with Crippen LogP contribution >= 0.6 is 0 Å². The summed E-state index contributed by atoms with van der Waals surface area (Å²) >= 11 is 0. The van der Waals surface area contributed by atoms with Gasteiger partial charge in [-0.25, -0.2) is 4.90 Å². The maximum Gasteiger partial charge on any atom is 0.237 e. The molecule has 2 aliphatic rings. The van der Waals surface area contributed by atoms with Gasteiger partial charge in [0, 0.05) is 6.54 Å². The Bertz CT molecular complexity index is 558. The molecule has 1 saturated heterocycles. The molecule has 3 rings (SSSR count). The summed E-state index contributed by atoms with van der Waals surface area (Å²) in [5.41, 5.74) is 8.40. The topological polar surface area (TPSA) is 63.4 Å². The summed E-state index contributed by atoms with van der Waals surface area (Å²) in [6.07, 6.45) is 1.66. The van der Waals surface area contributed by atoms with Crippen molar-refractivity contribution in [3.05, 3.63) is 29.3 Å². The lowest BCUT2D eigenvalue weighted by molar-refractivity contribution is -0.123. The van der Waals surface area contributed by atoms with E-state index in [2.05, 4.69) is 6.92 Å². The van der Waals surface area contributed by atoms with E-state index in [-0.39, 0.29) is 23.7 Å². The molecule has 20 heavy (non-hydrogen) atoms. The van der Waals surface area contributed by atoms with Crippen LogP contribution in [-0.4, -0.2) is 11.8 Å². The molecule has 2 N–H and O–H groups in total. The first-order valence-electron chi connectivity index (χ1n) is 7.21. The lowest BCUT2D eigenvalue weighted by Crippen LogP contribution is -2.33. The second-order valence-electron chi connectivity index (χ2n) is 6.08. The number of benzene rings is 1. The summed E-state index contributed by atoms with van der Waals surface area (Å²) < 4.78 is 0. The lowest BCUT2D eigenvalue weighted by atomic mass is 10.00. The van der Waals surface area contributed by atoms with E-state index in [0.717, 1.165) is 24.0 Å². The van der Waals surface area contributed by atoms with Crippen molar-refractivity contribution in [3.63, 3.8) is 0 Å². The van der Waals surface area contributed by atoms with Crippen molar-refractivity contribution in [2.45, 2.75) is 33.2 Å². The summed E-state index contributed by atoms with van der Waals surface area (Å²) in [5.74, 6) is 0.146. The zero-order valence-corrected chi connectivity index (χ0v) is 11.9. The van der Waals surface area contributed by atoms with Crippen LogP contribution in [-0.2, 0) is 16.1 Å². The van der Waals surface area contributed by atoms with E-state index in [9.17, 15) is 9.59 Å². The number of anilines is 1. The highest BCUT2D eigenvalue weighted by molar-refractivity contribution is 6.22. The van der Waals surface area contributed by atoms with Gasteiger partial charge in [-0.3, -0.25) is 9.59 Å². The minimum absolute atomic E-state index is 0.0374. The molecule has 2 amide bonds. The third-order valence-corrected chi connectivity index (χ3v) is 4.70. The van der Waals surface area contributed by atoms with Gasteiger partial charge in [-0.15, -0.1) is 0 Å². The monoisotopic (exact) mass is 272 g/mol. The van der Waals surface area contributed by atoms with Gasteiger partial charge in [0.05, 0.1) is 17.5 Å². The van der Waals surface area contributed by atoms with Gasteiger partial charge >= 0.3 is 0 Å². The van der Waals surface area contributed by atoms with Crippen LogP contribution in [0.3, 0.4) is 0 Å². The quantitative estimate of drug-likeness (QED) is 0.837. The van der Waals surface area contributed by atoms with E-state index < -0.39 is 0 Å². The molecule has 0 radical (unpaired) electrons. The highest BCUT2D eigenvalue weighted by Crippen LogP contribution is 2.45. The first kappa shape index (κ1) is 13.3. The van der Waals surface area contributed by atoms with Crippen LogP contribution in [0.1, 0.15) is 30.9 Å². The van der Waals surface area contributed by atoms with Crippen LogP contribution in [0.2, 0.25) is 0 Å². The Kier molecular flexibility index (Phi) is 3.13. The summed E-state index contributed by atoms with van der Waals surface area (Å²) in [6, 6.07) is 5.66. The van der Waals surface area contributed by atoms with Crippen LogP contribution in [0.15, 0.2) is 18.2 Å². The Hall–Kier alpha value is -1.68. The van der Waals surface area contributed by atoms with Crippen LogP contribution in [0.4, 0.5) is 5.69 Å². The number of nitrogens with zero attached hydrogens (tertiary/aromatic N) is 1. The van der Waals surface area contributed by atoms with Gasteiger partial charge in [0.25, 0.3) is 0 Å². The van der Waals surface area contributed by atoms with Gasteiger partial charge in [0.2, 0.25) is 11.8 Å². The lowest BCUT2D eigenvalue weighted by Gasteiger charge is -2.21. The molecule has 0 aromatic heterocycles. The molecule has 4 heteroatoms. The summed E-state index contributed by atoms with van der Waals surface area (Å²) in [5, 5.41) is 0. The molecule has 1 aromatic rings. The number of rotatable bonds is 2. The molecule has 0 bridgehead atoms. The van der Waals surface area contributed by atoms with E-state index in [1.54, 1.807) is 0 Å². The van der Waals surface area contributed by atoms with Crippen molar-refractivity contribution in [3.8, 4) is 0 Å². The second-order valence-corrected chi connectivity index (χ2v) is 6.08. The number of aryl methyl sites for hydroxylation is 1. The fourth-order valence-electron chi connectivity index (χ4n) is 3.68. The van der Waals surface area contributed by atoms with Gasteiger partial charge in [-0.05, 0) is 42.9 Å². The number of nitrogens with two attached hydrogens (primary N) is 1. The van der Waals surface area contributed by atoms with Crippen molar-refractivity contribution in [1.82, 2.24) is 0 Å². The number of hydrogen-bond donors (Lipinski definition) is 1. The molecule has 1 heterocycles. The van der Waals surface area contributed by atoms with Crippen LogP contribution in [0.25, 0.3) is 0 Å². The normalized spacial score (nSPS) is 29.1. The maximum absolute atomic E-state index is 12.6. The van der Waals surface area contributed by atoms with Gasteiger partial charge < -0.3 is 5.73 Å². The Labute approximate surface area is 118 Å². The number of carbonyl (C=O) groups excluding carboxylic acids is 2. The molecule has 2 unspecified atom stereocenters. The fourth-order valence-corrected chi connectivity index (χ4v) is 3.68. The minimum Gasteiger partial charge on any atom is -0.326 e. The number of hydrogen-bond acceptors (Lipinski definition) is 3. The summed E-state index contributed by atoms with van der Waals surface area (Å²) in [4.78, 5) is 26.6. The number of amides is 2. The molecular formula is C16H20N2O2. The molecular weight excluding hydrogens is 252 g/mol. The third kappa shape index (κ3) is 1.79. The number of carbonyl (C=O) groups is 2. The van der Waals surface area contributed by atoms with Crippen LogP contribution in [0, 0.1) is 24.7 Å². The molecule has 1 saturated carbocycles. The molecule has 106 valence electrons. The number of imide groups is 1. The van der Waals surface area contributed by atoms with Gasteiger partial charge in [-0.2, -0.15) is 0 Å². The Morgan fingerprint density at radius 1 is 1.20 bits per heavy atom. The molecule has 2 atom stereocenters. The highest BCUT2D eigenvalue weighted by Gasteiger charge is 2.52. The molecule has 1 aliphatic heterocycles. The van der Waals surface area contributed by atoms with E-state index in [4.69, 9.17) is 5.73 Å². The zero-order valence-electron chi connectivity index (χ0n) is 11.9. The van der Waals surface area contributed by atoms with Crippen LogP contribution < -0.4 is 10.6 Å². The summed E-state index contributed by atoms with van der Waals surface area (Å²) in [6.45, 7) is 4.41. The van der Waals surface area contributed by atoms with Gasteiger partial charge in [-0.1, -0.05) is 19.1 Å². The fraction of sp³-hybridized carbons (Fsp3) is 0.500. The Morgan fingerprint density at radius 2 is 1.80 bits per heavy atom. The molecule has 4 nitrogen and oxygen atoms in total. The summed E-state index contributed by atoms with van der Waals surface area (Å²) in [7, 11) is 0. The molecule has 1 aromatic carbocycles. The molecule has 0 spiro atoms. The van der Waals surface area contributed by atoms with Crippen molar-refractivity contribution in [1.29, 1.82) is 0 Å². The van der Waals surface area contributed by atoms with Crippen molar-refractivity contribution >= 4 is 17.5 Å². The SMILES string of the molecule is Cc1cccc(N2C(=O)C3CC(C)CC3C2=O)c1CN. The maximum atomic E-state index is 12.6. The average molecular weight is 272 g/mol. The molecule has 2 fully saturated rings. The number of fused-ring (bicyclic) bond motifs is 1. The third-order valence-electron chi connectivity index (χ3n) is 4.70. The van der Waals surface area contributed by atoms with E-state index in [1.807, 2.05) is 25.1 Å². The van der Waals surface area contributed by atoms with Gasteiger partial charge in [0.15, 0.2) is 0 Å². The van der Waals surface area contributed by atoms with E-state index >= 15 is 0 Å². The van der Waals surface area contributed by atoms with Crippen molar-refractivity contribution in [2.24, 2.45) is 23.5 Å². The van der Waals surface area contributed by atoms with E-state index in [0.29, 0.717) is 18.2 Å². The first-order valence-corrected chi connectivity index (χ1v) is 7.21. The second kappa shape index (κ2) is 4.70. The standard InChI is InChI=1S/C16H20N2O2/c1-9-6-11-12(7-9)16(20)18(15(11)19)14-5-3-4-10(2)13(14)8-17/h3-5,9,11-12H,6-8,17H2,1-2H3. The Morgan fingerprint density at radius 3 is 2.35 bits per heavy atom. The smallest absolute Gasteiger partial charge is 0.237 e. The van der Waals surface area contributed by atoms with Crippen molar-refractivity contribution in [2.75, 3.05) is 4.90 Å². The predicted molar refractivity (Wildman–Crippen MR) is 76.9 cm³/mol. The predicted octanol–water partition coefficient (Wildman–Crippen LogP) is 1.99. The molecule has 1 aliphatic carbocycles. The highest BCUT2D eigenvalue weighted by atomic mass is 16.2. The van der Waals surface area contributed by atoms with Gasteiger partial charge in [0.1, 0.15) is 0 Å². The minimum atomic E-state index is -0.122. The average Bonchev–Trinajstić information content (AvgIpc) is 2.89. The zero-order chi connectivity index (χ0) is 14.4. The van der Waals surface area contributed by atoms with E-state index in [1.165, 1.54) is 4.90 Å². The van der Waals surface area contributed by atoms with Crippen LogP contribution in [0.5, 0.6) is 0 Å². The first-order chi connectivity index (χ1) is 9.54. The Balaban J connectivity index is 2.02. The largest absolute Gasteiger partial charge is 0.326 e.